The van der Waals surface area contributed by atoms with Gasteiger partial charge in [0.15, 0.2) is 0 Å². The van der Waals surface area contributed by atoms with Crippen LogP contribution in [0, 0.1) is 6.92 Å². The number of halogens is 2. The molecule has 0 saturated carbocycles. The smallest absolute Gasteiger partial charge is 0.139 e. The van der Waals surface area contributed by atoms with Crippen molar-refractivity contribution in [2.45, 2.75) is 13.5 Å². The largest absolute Gasteiger partial charge is 0.383 e. The molecule has 0 saturated heterocycles. The zero-order valence-corrected chi connectivity index (χ0v) is 10.1. The van der Waals surface area contributed by atoms with Crippen molar-refractivity contribution in [3.05, 3.63) is 15.0 Å². The van der Waals surface area contributed by atoms with Crippen LogP contribution in [0.3, 0.4) is 0 Å². The molecule has 0 aliphatic heterocycles. The molecule has 12 heavy (non-hydrogen) atoms. The number of aryl methyl sites for hydroxylation is 1. The molecule has 0 unspecified atom stereocenters. The van der Waals surface area contributed by atoms with Crippen molar-refractivity contribution in [3.8, 4) is 0 Å². The summed E-state index contributed by atoms with van der Waals surface area (Å²) < 4.78 is 8.84. The van der Waals surface area contributed by atoms with Crippen LogP contribution in [0.2, 0.25) is 0 Å². The van der Waals surface area contributed by atoms with E-state index in [-0.39, 0.29) is 0 Å². The molecule has 3 nitrogen and oxygen atoms in total. The molecular weight excluding hydrogens is 288 g/mol. The topological polar surface area (TPSA) is 27.1 Å². The lowest BCUT2D eigenvalue weighted by molar-refractivity contribution is 0.186. The van der Waals surface area contributed by atoms with Crippen molar-refractivity contribution in [2.75, 3.05) is 13.7 Å². The van der Waals surface area contributed by atoms with E-state index in [2.05, 4.69) is 36.8 Å². The first-order valence-electron chi connectivity index (χ1n) is 3.54. The molecule has 0 aromatic carbocycles. The fourth-order valence-corrected chi connectivity index (χ4v) is 1.94. The first-order chi connectivity index (χ1) is 5.66. The number of ether oxygens (including phenoxy) is 1. The molecule has 1 heterocycles. The maximum Gasteiger partial charge on any atom is 0.139 e. The Morgan fingerprint density at radius 3 is 2.58 bits per heavy atom. The molecule has 0 bridgehead atoms. The highest BCUT2D eigenvalue weighted by Gasteiger charge is 2.08. The number of hydrogen-bond acceptors (Lipinski definition) is 2. The second-order valence-electron chi connectivity index (χ2n) is 2.39. The summed E-state index contributed by atoms with van der Waals surface area (Å²) >= 11 is 6.77. The molecular formula is C7H10Br2N2O. The van der Waals surface area contributed by atoms with Gasteiger partial charge in [-0.2, -0.15) is 0 Å². The molecule has 0 spiro atoms. The number of aromatic nitrogens is 2. The molecule has 0 fully saturated rings. The minimum atomic E-state index is 0.697. The molecule has 0 aliphatic carbocycles. The van der Waals surface area contributed by atoms with Crippen LogP contribution in [-0.4, -0.2) is 23.3 Å². The van der Waals surface area contributed by atoms with Crippen LogP contribution in [0.4, 0.5) is 0 Å². The van der Waals surface area contributed by atoms with E-state index >= 15 is 0 Å². The molecule has 5 heteroatoms. The lowest BCUT2D eigenvalue weighted by atomic mass is 10.6. The van der Waals surface area contributed by atoms with E-state index in [1.54, 1.807) is 7.11 Å². The van der Waals surface area contributed by atoms with Crippen molar-refractivity contribution in [1.29, 1.82) is 0 Å². The summed E-state index contributed by atoms with van der Waals surface area (Å²) in [6, 6.07) is 0. The summed E-state index contributed by atoms with van der Waals surface area (Å²) in [4.78, 5) is 4.24. The normalized spacial score (nSPS) is 10.7. The summed E-state index contributed by atoms with van der Waals surface area (Å²) in [6.07, 6.45) is 0. The first kappa shape index (κ1) is 10.2. The van der Waals surface area contributed by atoms with E-state index in [9.17, 15) is 0 Å². The number of imidazole rings is 1. The zero-order valence-electron chi connectivity index (χ0n) is 6.97. The third-order valence-electron chi connectivity index (χ3n) is 1.58. The van der Waals surface area contributed by atoms with Gasteiger partial charge in [-0.25, -0.2) is 4.98 Å². The summed E-state index contributed by atoms with van der Waals surface area (Å²) in [5.41, 5.74) is 0. The number of rotatable bonds is 3. The minimum absolute atomic E-state index is 0.697. The van der Waals surface area contributed by atoms with Crippen LogP contribution < -0.4 is 0 Å². The van der Waals surface area contributed by atoms with E-state index < -0.39 is 0 Å². The summed E-state index contributed by atoms with van der Waals surface area (Å²) in [6.45, 7) is 3.48. The van der Waals surface area contributed by atoms with Crippen LogP contribution in [0.1, 0.15) is 5.82 Å². The Morgan fingerprint density at radius 2 is 2.17 bits per heavy atom. The summed E-state index contributed by atoms with van der Waals surface area (Å²) in [7, 11) is 1.69. The summed E-state index contributed by atoms with van der Waals surface area (Å²) in [5.74, 6) is 0.978. The van der Waals surface area contributed by atoms with E-state index in [1.165, 1.54) is 0 Å². The Balaban J connectivity index is 2.82. The van der Waals surface area contributed by atoms with Crippen LogP contribution in [0.25, 0.3) is 0 Å². The Kier molecular flexibility index (Phi) is 3.74. The van der Waals surface area contributed by atoms with Crippen molar-refractivity contribution in [2.24, 2.45) is 0 Å². The average molecular weight is 298 g/mol. The van der Waals surface area contributed by atoms with Gasteiger partial charge >= 0.3 is 0 Å². The highest BCUT2D eigenvalue weighted by molar-refractivity contribution is 9.13. The van der Waals surface area contributed by atoms with Crippen molar-refractivity contribution in [1.82, 2.24) is 9.55 Å². The molecule has 0 atom stereocenters. The molecule has 1 aromatic heterocycles. The van der Waals surface area contributed by atoms with Crippen molar-refractivity contribution >= 4 is 31.9 Å². The van der Waals surface area contributed by atoms with Gasteiger partial charge in [-0.1, -0.05) is 0 Å². The third-order valence-corrected chi connectivity index (χ3v) is 3.47. The molecule has 0 N–H and O–H groups in total. The van der Waals surface area contributed by atoms with Crippen LogP contribution >= 0.6 is 31.9 Å². The SMILES string of the molecule is COCCn1c(C)nc(Br)c1Br. The summed E-state index contributed by atoms with van der Waals surface area (Å²) in [5, 5.41) is 0. The second-order valence-corrected chi connectivity index (χ2v) is 3.89. The van der Waals surface area contributed by atoms with Crippen molar-refractivity contribution in [3.63, 3.8) is 0 Å². The van der Waals surface area contributed by atoms with Gasteiger partial charge < -0.3 is 9.30 Å². The molecule has 1 rings (SSSR count). The third kappa shape index (κ3) is 2.08. The van der Waals surface area contributed by atoms with Crippen LogP contribution in [0.5, 0.6) is 0 Å². The fraction of sp³-hybridized carbons (Fsp3) is 0.571. The minimum Gasteiger partial charge on any atom is -0.383 e. The van der Waals surface area contributed by atoms with Gasteiger partial charge in [0, 0.05) is 13.7 Å². The molecule has 0 radical (unpaired) electrons. The first-order valence-corrected chi connectivity index (χ1v) is 5.12. The Hall–Kier alpha value is 0.130. The quantitative estimate of drug-likeness (QED) is 0.856. The highest BCUT2D eigenvalue weighted by Crippen LogP contribution is 2.23. The number of hydrogen-bond donors (Lipinski definition) is 0. The average Bonchev–Trinajstić information content (AvgIpc) is 2.25. The maximum atomic E-state index is 4.98. The maximum absolute atomic E-state index is 4.98. The fourth-order valence-electron chi connectivity index (χ4n) is 0.945. The predicted molar refractivity (Wildman–Crippen MR) is 54.2 cm³/mol. The number of nitrogens with zero attached hydrogens (tertiary/aromatic N) is 2. The second kappa shape index (κ2) is 4.39. The van der Waals surface area contributed by atoms with Crippen LogP contribution in [0.15, 0.2) is 9.21 Å². The Bertz CT molecular complexity index is 273. The lowest BCUT2D eigenvalue weighted by Crippen LogP contribution is -2.06. The Morgan fingerprint density at radius 1 is 1.50 bits per heavy atom. The monoisotopic (exact) mass is 296 g/mol. The standard InChI is InChI=1S/C7H10Br2N2O/c1-5-10-6(8)7(9)11(5)3-4-12-2/h3-4H2,1-2H3. The van der Waals surface area contributed by atoms with E-state index in [0.29, 0.717) is 6.61 Å². The van der Waals surface area contributed by atoms with E-state index in [4.69, 9.17) is 4.74 Å². The Labute approximate surface area is 88.4 Å². The molecule has 68 valence electrons. The van der Waals surface area contributed by atoms with Gasteiger partial charge in [0.2, 0.25) is 0 Å². The van der Waals surface area contributed by atoms with Gasteiger partial charge in [-0.05, 0) is 38.8 Å². The zero-order chi connectivity index (χ0) is 9.14. The number of methoxy groups -OCH3 is 1. The molecule has 0 aliphatic rings. The van der Waals surface area contributed by atoms with Gasteiger partial charge in [0.1, 0.15) is 15.0 Å². The van der Waals surface area contributed by atoms with Gasteiger partial charge in [-0.3, -0.25) is 0 Å². The molecule has 1 aromatic rings. The highest BCUT2D eigenvalue weighted by atomic mass is 79.9. The van der Waals surface area contributed by atoms with E-state index in [0.717, 1.165) is 21.6 Å². The van der Waals surface area contributed by atoms with Gasteiger partial charge in [-0.15, -0.1) is 0 Å². The van der Waals surface area contributed by atoms with Crippen LogP contribution in [-0.2, 0) is 11.3 Å². The van der Waals surface area contributed by atoms with Gasteiger partial charge in [0.25, 0.3) is 0 Å². The predicted octanol–water partition coefficient (Wildman–Crippen LogP) is 2.36. The lowest BCUT2D eigenvalue weighted by Gasteiger charge is -2.04. The van der Waals surface area contributed by atoms with Gasteiger partial charge in [0.05, 0.1) is 6.61 Å². The van der Waals surface area contributed by atoms with E-state index in [1.807, 2.05) is 11.5 Å². The van der Waals surface area contributed by atoms with Crippen molar-refractivity contribution < 1.29 is 4.74 Å². The molecule has 0 amide bonds.